The van der Waals surface area contributed by atoms with Crippen LogP contribution in [0.3, 0.4) is 0 Å². The van der Waals surface area contributed by atoms with Crippen molar-refractivity contribution in [1.29, 1.82) is 0 Å². The Bertz CT molecular complexity index is 1580. The number of hydrogen-bond donors (Lipinski definition) is 0. The molecule has 0 aliphatic carbocycles. The highest BCUT2D eigenvalue weighted by atomic mass is 32.1. The van der Waals surface area contributed by atoms with E-state index in [-0.39, 0.29) is 11.2 Å². The zero-order valence-electron chi connectivity index (χ0n) is 16.8. The van der Waals surface area contributed by atoms with E-state index in [1.54, 1.807) is 49.8 Å². The highest BCUT2D eigenvalue weighted by Gasteiger charge is 2.45. The van der Waals surface area contributed by atoms with Gasteiger partial charge in [0.25, 0.3) is 5.91 Å². The minimum Gasteiger partial charge on any atom is -0.497 e. The van der Waals surface area contributed by atoms with Gasteiger partial charge in [0.1, 0.15) is 11.3 Å². The van der Waals surface area contributed by atoms with Crippen molar-refractivity contribution >= 4 is 43.6 Å². The number of anilines is 1. The van der Waals surface area contributed by atoms with Gasteiger partial charge in [0, 0.05) is 12.4 Å². The average Bonchev–Trinajstić information content (AvgIpc) is 3.38. The predicted octanol–water partition coefficient (Wildman–Crippen LogP) is 4.56. The number of rotatable bonds is 3. The Kier molecular flexibility index (Phi) is 4.09. The smallest absolute Gasteiger partial charge is 0.297 e. The van der Waals surface area contributed by atoms with Gasteiger partial charge in [-0.25, -0.2) is 4.98 Å². The summed E-state index contributed by atoms with van der Waals surface area (Å²) in [5, 5.41) is 0.908. The molecule has 0 saturated heterocycles. The van der Waals surface area contributed by atoms with Crippen molar-refractivity contribution in [3.63, 3.8) is 0 Å². The van der Waals surface area contributed by atoms with Crippen LogP contribution in [-0.2, 0) is 0 Å². The van der Waals surface area contributed by atoms with Crippen molar-refractivity contribution in [3.05, 3.63) is 94.1 Å². The first-order chi connectivity index (χ1) is 15.7. The highest BCUT2D eigenvalue weighted by Crippen LogP contribution is 2.43. The number of carbonyl (C=O) groups is 1. The topological polar surface area (TPSA) is 85.5 Å². The first-order valence-electron chi connectivity index (χ1n) is 9.89. The standard InChI is InChI=1S/C24H15N3O4S/c1-30-14-8-9-16-18(11-14)32-24(26-16)27-20(13-5-4-10-25-12-13)19-21(28)15-6-2-3-7-17(15)31-22(19)23(27)29/h2-12,20H,1H3. The lowest BCUT2D eigenvalue weighted by Crippen LogP contribution is -2.29. The van der Waals surface area contributed by atoms with Gasteiger partial charge in [0.15, 0.2) is 10.6 Å². The van der Waals surface area contributed by atoms with E-state index >= 15 is 0 Å². The number of para-hydroxylation sites is 1. The van der Waals surface area contributed by atoms with Crippen molar-refractivity contribution in [3.8, 4) is 5.75 Å². The summed E-state index contributed by atoms with van der Waals surface area (Å²) >= 11 is 1.36. The Morgan fingerprint density at radius 2 is 1.97 bits per heavy atom. The van der Waals surface area contributed by atoms with Gasteiger partial charge < -0.3 is 9.15 Å². The summed E-state index contributed by atoms with van der Waals surface area (Å²) in [6, 6.07) is 15.4. The molecular formula is C24H15N3O4S. The number of fused-ring (bicyclic) bond motifs is 3. The van der Waals surface area contributed by atoms with E-state index in [0.717, 1.165) is 10.2 Å². The Morgan fingerprint density at radius 3 is 2.78 bits per heavy atom. The van der Waals surface area contributed by atoms with E-state index in [4.69, 9.17) is 9.15 Å². The fourth-order valence-electron chi connectivity index (χ4n) is 4.09. The molecule has 0 spiro atoms. The number of hydrogen-bond acceptors (Lipinski definition) is 7. The molecule has 1 aliphatic rings. The number of pyridine rings is 1. The minimum absolute atomic E-state index is 0.0411. The molecule has 8 heteroatoms. The van der Waals surface area contributed by atoms with Crippen LogP contribution in [-0.4, -0.2) is 23.0 Å². The van der Waals surface area contributed by atoms with Crippen LogP contribution < -0.4 is 15.1 Å². The zero-order chi connectivity index (χ0) is 21.8. The number of amides is 1. The second-order valence-corrected chi connectivity index (χ2v) is 8.37. The van der Waals surface area contributed by atoms with Gasteiger partial charge in [-0.1, -0.05) is 29.5 Å². The van der Waals surface area contributed by atoms with E-state index < -0.39 is 11.9 Å². The van der Waals surface area contributed by atoms with Crippen molar-refractivity contribution in [2.75, 3.05) is 12.0 Å². The minimum atomic E-state index is -0.686. The van der Waals surface area contributed by atoms with E-state index in [1.807, 2.05) is 24.3 Å². The second kappa shape index (κ2) is 7.00. The third kappa shape index (κ3) is 2.66. The van der Waals surface area contributed by atoms with Crippen molar-refractivity contribution in [1.82, 2.24) is 9.97 Å². The Hall–Kier alpha value is -4.04. The summed E-state index contributed by atoms with van der Waals surface area (Å²) in [4.78, 5) is 37.5. The zero-order valence-corrected chi connectivity index (χ0v) is 17.6. The number of carbonyl (C=O) groups excluding carboxylic acids is 1. The molecule has 1 atom stereocenters. The molecule has 4 heterocycles. The number of benzene rings is 2. The molecule has 6 rings (SSSR count). The van der Waals surface area contributed by atoms with Gasteiger partial charge in [-0.3, -0.25) is 19.5 Å². The maximum atomic E-state index is 13.6. The van der Waals surface area contributed by atoms with Crippen LogP contribution in [0.1, 0.15) is 27.7 Å². The number of aromatic nitrogens is 2. The summed E-state index contributed by atoms with van der Waals surface area (Å²) in [6.07, 6.45) is 3.31. The van der Waals surface area contributed by atoms with Crippen LogP contribution in [0.4, 0.5) is 5.13 Å². The lowest BCUT2D eigenvalue weighted by atomic mass is 10.0. The molecule has 1 amide bonds. The summed E-state index contributed by atoms with van der Waals surface area (Å²) in [5.74, 6) is 0.345. The molecule has 32 heavy (non-hydrogen) atoms. The largest absolute Gasteiger partial charge is 0.497 e. The van der Waals surface area contributed by atoms with Crippen LogP contribution in [0.15, 0.2) is 76.2 Å². The van der Waals surface area contributed by atoms with E-state index in [9.17, 15) is 9.59 Å². The first-order valence-corrected chi connectivity index (χ1v) is 10.7. The van der Waals surface area contributed by atoms with Crippen LogP contribution in [0, 0.1) is 0 Å². The molecule has 1 aliphatic heterocycles. The van der Waals surface area contributed by atoms with Gasteiger partial charge in [-0.2, -0.15) is 0 Å². The first kappa shape index (κ1) is 18.7. The number of nitrogens with zero attached hydrogens (tertiary/aromatic N) is 3. The Morgan fingerprint density at radius 1 is 1.09 bits per heavy atom. The summed E-state index contributed by atoms with van der Waals surface area (Å²) in [5.41, 5.74) is 1.90. The quantitative estimate of drug-likeness (QED) is 0.408. The summed E-state index contributed by atoms with van der Waals surface area (Å²) in [7, 11) is 1.60. The fraction of sp³-hybridized carbons (Fsp3) is 0.0833. The number of methoxy groups -OCH3 is 1. The van der Waals surface area contributed by atoms with Crippen LogP contribution in [0.5, 0.6) is 5.75 Å². The van der Waals surface area contributed by atoms with Gasteiger partial charge in [0.2, 0.25) is 5.76 Å². The van der Waals surface area contributed by atoms with Gasteiger partial charge >= 0.3 is 0 Å². The van der Waals surface area contributed by atoms with Crippen molar-refractivity contribution in [2.24, 2.45) is 0 Å². The van der Waals surface area contributed by atoms with Crippen molar-refractivity contribution in [2.45, 2.75) is 6.04 Å². The molecule has 1 unspecified atom stereocenters. The third-order valence-electron chi connectivity index (χ3n) is 5.57. The Balaban J connectivity index is 1.62. The van der Waals surface area contributed by atoms with Crippen LogP contribution in [0.25, 0.3) is 21.2 Å². The lowest BCUT2D eigenvalue weighted by Gasteiger charge is -2.22. The van der Waals surface area contributed by atoms with Crippen LogP contribution in [0.2, 0.25) is 0 Å². The summed E-state index contributed by atoms with van der Waals surface area (Å²) in [6.45, 7) is 0. The predicted molar refractivity (Wildman–Crippen MR) is 122 cm³/mol. The molecule has 7 nitrogen and oxygen atoms in total. The molecule has 0 radical (unpaired) electrons. The number of thiazole rings is 1. The average molecular weight is 441 g/mol. The molecule has 2 aromatic carbocycles. The van der Waals surface area contributed by atoms with Crippen molar-refractivity contribution < 1.29 is 13.9 Å². The highest BCUT2D eigenvalue weighted by molar-refractivity contribution is 7.22. The van der Waals surface area contributed by atoms with E-state index in [1.165, 1.54) is 16.2 Å². The molecule has 0 N–H and O–H groups in total. The molecule has 0 bridgehead atoms. The maximum Gasteiger partial charge on any atom is 0.297 e. The van der Waals surface area contributed by atoms with E-state index in [2.05, 4.69) is 9.97 Å². The lowest BCUT2D eigenvalue weighted by molar-refractivity contribution is 0.0971. The van der Waals surface area contributed by atoms with E-state index in [0.29, 0.717) is 33.0 Å². The molecule has 156 valence electrons. The SMILES string of the molecule is COc1ccc2nc(N3C(=O)c4oc5ccccc5c(=O)c4C3c3cccnc3)sc2c1. The normalized spacial score (nSPS) is 15.5. The third-order valence-corrected chi connectivity index (χ3v) is 6.59. The second-order valence-electron chi connectivity index (χ2n) is 7.36. The fourth-order valence-corrected chi connectivity index (χ4v) is 5.11. The maximum absolute atomic E-state index is 13.6. The van der Waals surface area contributed by atoms with Gasteiger partial charge in [0.05, 0.1) is 34.3 Å². The van der Waals surface area contributed by atoms with Crippen LogP contribution >= 0.6 is 11.3 Å². The monoisotopic (exact) mass is 441 g/mol. The molecule has 5 aromatic rings. The molecule has 0 saturated carbocycles. The van der Waals surface area contributed by atoms with Gasteiger partial charge in [-0.15, -0.1) is 0 Å². The number of ether oxygens (including phenoxy) is 1. The van der Waals surface area contributed by atoms with Gasteiger partial charge in [-0.05, 0) is 42.0 Å². The molecule has 0 fully saturated rings. The Labute approximate surface area is 185 Å². The molecular weight excluding hydrogens is 426 g/mol. The summed E-state index contributed by atoms with van der Waals surface area (Å²) < 4.78 is 12.1. The molecule has 3 aromatic heterocycles.